The molecule has 3 heterocycles. The average molecular weight is 555 g/mol. The number of aromatic amines is 1. The van der Waals surface area contributed by atoms with Crippen LogP contribution in [0.25, 0.3) is 11.1 Å². The summed E-state index contributed by atoms with van der Waals surface area (Å²) in [7, 11) is 0. The van der Waals surface area contributed by atoms with Gasteiger partial charge in [0, 0.05) is 24.6 Å². The SMILES string of the molecule is O=C1N[C@@](c2ccc(OCCCC(F)(F)F)cc2)(C(F)(F)F)CC(c2cnn(C3CCC3)c2)=C1c1nnn[nH]1. The highest BCUT2D eigenvalue weighted by atomic mass is 19.4. The molecule has 2 N–H and O–H groups in total. The number of aromatic nitrogens is 6. The molecule has 1 aromatic carbocycles. The van der Waals surface area contributed by atoms with Crippen molar-refractivity contribution in [2.45, 2.75) is 62.5 Å². The predicted molar refractivity (Wildman–Crippen MR) is 124 cm³/mol. The summed E-state index contributed by atoms with van der Waals surface area (Å²) in [4.78, 5) is 13.3. The van der Waals surface area contributed by atoms with Crippen LogP contribution in [0.15, 0.2) is 36.7 Å². The number of halogens is 6. The van der Waals surface area contributed by atoms with Crippen LogP contribution in [0.2, 0.25) is 0 Å². The van der Waals surface area contributed by atoms with Crippen LogP contribution in [-0.4, -0.2) is 55.3 Å². The van der Waals surface area contributed by atoms with Crippen molar-refractivity contribution in [3.63, 3.8) is 0 Å². The van der Waals surface area contributed by atoms with Crippen molar-refractivity contribution in [2.75, 3.05) is 6.61 Å². The number of carbonyl (C=O) groups is 1. The lowest BCUT2D eigenvalue weighted by Gasteiger charge is -2.41. The van der Waals surface area contributed by atoms with Gasteiger partial charge in [-0.3, -0.25) is 9.48 Å². The van der Waals surface area contributed by atoms with E-state index in [0.29, 0.717) is 5.56 Å². The third-order valence-electron chi connectivity index (χ3n) is 6.98. The lowest BCUT2D eigenvalue weighted by Crippen LogP contribution is -2.58. The van der Waals surface area contributed by atoms with Gasteiger partial charge in [0.15, 0.2) is 11.4 Å². The molecule has 2 aromatic heterocycles. The zero-order valence-corrected chi connectivity index (χ0v) is 20.3. The fourth-order valence-electron chi connectivity index (χ4n) is 4.71. The number of carbonyl (C=O) groups excluding carboxylic acids is 1. The van der Waals surface area contributed by atoms with E-state index in [1.165, 1.54) is 18.3 Å². The molecule has 0 saturated heterocycles. The molecule has 0 radical (unpaired) electrons. The van der Waals surface area contributed by atoms with E-state index in [1.807, 2.05) is 0 Å². The van der Waals surface area contributed by atoms with Crippen LogP contribution in [0, 0.1) is 0 Å². The standard InChI is InChI=1S/C24H23F6N7O2/c25-23(26,27)9-2-10-39-17-7-5-15(6-8-17)22(24(28,29)30)11-18(14-12-31-37(13-14)16-3-1-4-16)19(21(38)32-22)20-33-35-36-34-20/h5-8,12-13,16H,1-4,9-11H2,(H,32,38)(H,33,34,35,36)/t22-/m0/s1. The minimum absolute atomic E-state index is 0.0627. The predicted octanol–water partition coefficient (Wildman–Crippen LogP) is 4.73. The number of nitrogens with zero attached hydrogens (tertiary/aromatic N) is 5. The minimum Gasteiger partial charge on any atom is -0.494 e. The first-order valence-electron chi connectivity index (χ1n) is 12.2. The highest BCUT2D eigenvalue weighted by Gasteiger charge is 2.60. The highest BCUT2D eigenvalue weighted by Crippen LogP contribution is 2.50. The first kappa shape index (κ1) is 26.7. The molecule has 1 saturated carbocycles. The number of nitrogens with one attached hydrogen (secondary N) is 2. The molecule has 1 amide bonds. The second-order valence-electron chi connectivity index (χ2n) is 9.52. The molecular formula is C24H23F6N7O2. The van der Waals surface area contributed by atoms with Gasteiger partial charge in [0.1, 0.15) is 5.75 Å². The van der Waals surface area contributed by atoms with Gasteiger partial charge < -0.3 is 10.1 Å². The second kappa shape index (κ2) is 10.0. The molecule has 208 valence electrons. The first-order chi connectivity index (χ1) is 18.5. The number of rotatable bonds is 8. The zero-order valence-electron chi connectivity index (χ0n) is 20.3. The van der Waals surface area contributed by atoms with E-state index in [4.69, 9.17) is 4.74 Å². The van der Waals surface area contributed by atoms with E-state index >= 15 is 0 Å². The van der Waals surface area contributed by atoms with Gasteiger partial charge in [0.2, 0.25) is 0 Å². The molecule has 2 aliphatic rings. The molecule has 0 spiro atoms. The van der Waals surface area contributed by atoms with Crippen LogP contribution in [0.4, 0.5) is 26.3 Å². The molecule has 1 atom stereocenters. The van der Waals surface area contributed by atoms with Gasteiger partial charge in [-0.05, 0) is 59.4 Å². The molecule has 1 fully saturated rings. The van der Waals surface area contributed by atoms with Crippen molar-refractivity contribution in [1.29, 1.82) is 0 Å². The van der Waals surface area contributed by atoms with Gasteiger partial charge in [-0.2, -0.15) is 31.4 Å². The molecule has 3 aromatic rings. The van der Waals surface area contributed by atoms with Crippen molar-refractivity contribution in [1.82, 2.24) is 35.7 Å². The summed E-state index contributed by atoms with van der Waals surface area (Å²) in [5.41, 5.74) is -2.82. The quantitative estimate of drug-likeness (QED) is 0.307. The molecule has 0 unspecified atom stereocenters. The summed E-state index contributed by atoms with van der Waals surface area (Å²) in [5.74, 6) is -1.01. The zero-order chi connectivity index (χ0) is 27.8. The Bertz CT molecular complexity index is 1340. The minimum atomic E-state index is -4.93. The Morgan fingerprint density at radius 1 is 1.10 bits per heavy atom. The van der Waals surface area contributed by atoms with E-state index in [0.717, 1.165) is 31.4 Å². The number of alkyl halides is 6. The lowest BCUT2D eigenvalue weighted by atomic mass is 9.77. The Labute approximate surface area is 217 Å². The maximum Gasteiger partial charge on any atom is 0.416 e. The van der Waals surface area contributed by atoms with E-state index in [-0.39, 0.29) is 47.4 Å². The fourth-order valence-corrected chi connectivity index (χ4v) is 4.71. The van der Waals surface area contributed by atoms with E-state index in [9.17, 15) is 31.1 Å². The topological polar surface area (TPSA) is 111 Å². The van der Waals surface area contributed by atoms with E-state index < -0.39 is 36.6 Å². The van der Waals surface area contributed by atoms with Gasteiger partial charge in [-0.1, -0.05) is 12.1 Å². The summed E-state index contributed by atoms with van der Waals surface area (Å²) in [6.45, 7) is -0.257. The van der Waals surface area contributed by atoms with Crippen LogP contribution < -0.4 is 10.1 Å². The lowest BCUT2D eigenvalue weighted by molar-refractivity contribution is -0.201. The molecule has 5 rings (SSSR count). The summed E-state index contributed by atoms with van der Waals surface area (Å²) >= 11 is 0. The highest BCUT2D eigenvalue weighted by molar-refractivity contribution is 6.27. The Morgan fingerprint density at radius 2 is 1.85 bits per heavy atom. The van der Waals surface area contributed by atoms with Gasteiger partial charge in [-0.15, -0.1) is 5.10 Å². The first-order valence-corrected chi connectivity index (χ1v) is 12.2. The van der Waals surface area contributed by atoms with Gasteiger partial charge >= 0.3 is 12.4 Å². The van der Waals surface area contributed by atoms with Gasteiger partial charge in [0.05, 0.1) is 24.4 Å². The molecule has 1 aliphatic carbocycles. The summed E-state index contributed by atoms with van der Waals surface area (Å²) < 4.78 is 88.5. The van der Waals surface area contributed by atoms with Crippen LogP contribution in [0.5, 0.6) is 5.75 Å². The van der Waals surface area contributed by atoms with Crippen molar-refractivity contribution >= 4 is 17.1 Å². The number of benzene rings is 1. The maximum absolute atomic E-state index is 14.8. The summed E-state index contributed by atoms with van der Waals surface area (Å²) in [6.07, 6.45) is -5.40. The van der Waals surface area contributed by atoms with Crippen molar-refractivity contribution < 1.29 is 35.9 Å². The van der Waals surface area contributed by atoms with Crippen LogP contribution in [0.1, 0.15) is 61.5 Å². The molecule has 9 nitrogen and oxygen atoms in total. The largest absolute Gasteiger partial charge is 0.494 e. The normalized spacial score (nSPS) is 20.6. The number of tetrazole rings is 1. The number of ether oxygens (including phenoxy) is 1. The third kappa shape index (κ3) is 5.34. The van der Waals surface area contributed by atoms with Gasteiger partial charge in [-0.25, -0.2) is 5.10 Å². The monoisotopic (exact) mass is 555 g/mol. The fraction of sp³-hybridized carbons (Fsp3) is 0.458. The van der Waals surface area contributed by atoms with Gasteiger partial charge in [0.25, 0.3) is 5.91 Å². The molecule has 0 bridgehead atoms. The third-order valence-corrected chi connectivity index (χ3v) is 6.98. The van der Waals surface area contributed by atoms with Crippen molar-refractivity contribution in [3.05, 3.63) is 53.6 Å². The summed E-state index contributed by atoms with van der Waals surface area (Å²) in [5, 5.41) is 19.6. The number of H-pyrrole nitrogens is 1. The van der Waals surface area contributed by atoms with Crippen LogP contribution in [0.3, 0.4) is 0 Å². The Kier molecular flexibility index (Phi) is 6.84. The maximum atomic E-state index is 14.8. The average Bonchev–Trinajstić information content (AvgIpc) is 3.52. The van der Waals surface area contributed by atoms with Crippen molar-refractivity contribution in [3.8, 4) is 5.75 Å². The van der Waals surface area contributed by atoms with E-state index in [1.54, 1.807) is 10.9 Å². The number of hydrogen-bond donors (Lipinski definition) is 2. The Balaban J connectivity index is 1.49. The Morgan fingerprint density at radius 3 is 2.44 bits per heavy atom. The molecule has 1 aliphatic heterocycles. The number of hydrogen-bond acceptors (Lipinski definition) is 6. The molecule has 15 heteroatoms. The van der Waals surface area contributed by atoms with Crippen LogP contribution >= 0.6 is 0 Å². The smallest absolute Gasteiger partial charge is 0.416 e. The number of amides is 1. The van der Waals surface area contributed by atoms with Crippen LogP contribution in [-0.2, 0) is 10.3 Å². The molecule has 39 heavy (non-hydrogen) atoms. The second-order valence-corrected chi connectivity index (χ2v) is 9.52. The van der Waals surface area contributed by atoms with E-state index in [2.05, 4.69) is 31.0 Å². The Hall–Kier alpha value is -3.91. The van der Waals surface area contributed by atoms with Crippen molar-refractivity contribution in [2.24, 2.45) is 0 Å². The molecular weight excluding hydrogens is 532 g/mol. The summed E-state index contributed by atoms with van der Waals surface area (Å²) in [6, 6.07) is 4.89.